The summed E-state index contributed by atoms with van der Waals surface area (Å²) in [7, 11) is 0.500. The zero-order valence-electron chi connectivity index (χ0n) is 36.3. The fraction of sp³-hybridized carbons (Fsp3) is 0.854. The highest BCUT2D eigenvalue weighted by Gasteiger charge is 2.66. The van der Waals surface area contributed by atoms with Gasteiger partial charge in [0, 0.05) is 81.8 Å². The maximum atomic E-state index is 14.5. The van der Waals surface area contributed by atoms with Gasteiger partial charge < -0.3 is 9.80 Å². The summed E-state index contributed by atoms with van der Waals surface area (Å²) in [6, 6.07) is 0. The molecule has 310 valence electrons. The van der Waals surface area contributed by atoms with Gasteiger partial charge in [0.2, 0.25) is 0 Å². The van der Waals surface area contributed by atoms with E-state index in [-0.39, 0.29) is 11.0 Å². The minimum atomic E-state index is -0.0626. The number of alkyl halides is 1. The first kappa shape index (κ1) is 42.5. The monoisotopic (exact) mass is 796 g/mol. The minimum Gasteiger partial charge on any atom is -0.300 e. The van der Waals surface area contributed by atoms with Crippen LogP contribution in [0.1, 0.15) is 119 Å². The highest BCUT2D eigenvalue weighted by atomic mass is 32.2. The fourth-order valence-corrected chi connectivity index (χ4v) is 16.7. The lowest BCUT2D eigenvalue weighted by atomic mass is 9.37. The average molecular weight is 796 g/mol. The van der Waals surface area contributed by atoms with Crippen molar-refractivity contribution < 1.29 is 9.18 Å². The van der Waals surface area contributed by atoms with E-state index in [9.17, 15) is 9.18 Å². The van der Waals surface area contributed by atoms with E-state index in [0.29, 0.717) is 41.5 Å². The van der Waals surface area contributed by atoms with Gasteiger partial charge in [0.05, 0.1) is 12.7 Å². The molecule has 8 rings (SSSR count). The van der Waals surface area contributed by atoms with Gasteiger partial charge >= 0.3 is 0 Å². The van der Waals surface area contributed by atoms with Crippen LogP contribution < -0.4 is 0 Å². The number of hydrogen-bond donors (Lipinski definition) is 0. The third-order valence-electron chi connectivity index (χ3n) is 17.3. The summed E-state index contributed by atoms with van der Waals surface area (Å²) in [6.45, 7) is 27.4. The van der Waals surface area contributed by atoms with Crippen molar-refractivity contribution in [1.82, 2.24) is 14.7 Å². The van der Waals surface area contributed by atoms with E-state index in [1.54, 1.807) is 16.7 Å². The quantitative estimate of drug-likeness (QED) is 0.231. The molecular weight excluding hydrogens is 718 g/mol. The topological polar surface area (TPSA) is 26.8 Å². The first-order valence-corrected chi connectivity index (χ1v) is 25.1. The Kier molecular flexibility index (Phi) is 13.3. The summed E-state index contributed by atoms with van der Waals surface area (Å²) in [5, 5.41) is 0. The van der Waals surface area contributed by atoms with Gasteiger partial charge in [0.25, 0.3) is 0 Å². The molecule has 0 radical (unpaired) electrons. The highest BCUT2D eigenvalue weighted by Crippen LogP contribution is 2.72. The summed E-state index contributed by atoms with van der Waals surface area (Å²) in [5.74, 6) is 9.55. The average Bonchev–Trinajstić information content (AvgIpc) is 3.50. The maximum Gasteiger partial charge on any atom is 0.161 e. The largest absolute Gasteiger partial charge is 0.300 e. The second kappa shape index (κ2) is 17.2. The Labute approximate surface area is 345 Å². The first-order valence-electron chi connectivity index (χ1n) is 22.8. The Balaban J connectivity index is 0.00000229. The van der Waals surface area contributed by atoms with Crippen molar-refractivity contribution in [2.24, 2.45) is 51.8 Å². The van der Waals surface area contributed by atoms with E-state index in [1.165, 1.54) is 119 Å². The van der Waals surface area contributed by atoms with Crippen LogP contribution in [-0.4, -0.2) is 109 Å². The number of carbonyl (C=O) groups excluding carboxylic acids is 1. The number of thioether (sulfide) groups is 2. The van der Waals surface area contributed by atoms with Crippen LogP contribution >= 0.6 is 23.5 Å². The van der Waals surface area contributed by atoms with E-state index in [4.69, 9.17) is 0 Å². The van der Waals surface area contributed by atoms with Crippen molar-refractivity contribution in [3.8, 4) is 0 Å². The van der Waals surface area contributed by atoms with Gasteiger partial charge in [-0.1, -0.05) is 60.6 Å². The number of rotatable bonds is 9. The second-order valence-electron chi connectivity index (χ2n) is 20.6. The van der Waals surface area contributed by atoms with Crippen molar-refractivity contribution in [1.29, 1.82) is 0 Å². The molecule has 0 N–H and O–H groups in total. The fourth-order valence-electron chi connectivity index (χ4n) is 14.7. The number of allylic oxidation sites excluding steroid dienone is 5. The number of fused-ring (bicyclic) bond motifs is 7. The van der Waals surface area contributed by atoms with Crippen LogP contribution in [0.4, 0.5) is 4.39 Å². The van der Waals surface area contributed by atoms with Gasteiger partial charge in [0.15, 0.2) is 5.78 Å². The van der Waals surface area contributed by atoms with Gasteiger partial charge in [0.1, 0.15) is 0 Å². The number of Topliss-reactive ketones (excluding diaryl/α,β-unsaturated/α-hetero) is 1. The molecule has 4 nitrogen and oxygen atoms in total. The Morgan fingerprint density at radius 1 is 0.818 bits per heavy atom. The van der Waals surface area contributed by atoms with E-state index in [1.807, 2.05) is 0 Å². The first-order chi connectivity index (χ1) is 26.4. The van der Waals surface area contributed by atoms with Gasteiger partial charge in [-0.15, -0.1) is 0 Å². The van der Waals surface area contributed by atoms with E-state index in [2.05, 4.69) is 98.8 Å². The van der Waals surface area contributed by atoms with Crippen LogP contribution in [0.5, 0.6) is 0 Å². The van der Waals surface area contributed by atoms with Gasteiger partial charge in [-0.25, -0.2) is 0 Å². The summed E-state index contributed by atoms with van der Waals surface area (Å²) in [6.07, 6.45) is 19.2. The number of carbonyl (C=O) groups is 1. The summed E-state index contributed by atoms with van der Waals surface area (Å²) >= 11 is 4.24. The molecule has 2 heterocycles. The predicted molar refractivity (Wildman–Crippen MR) is 236 cm³/mol. The molecular formula is C48H78FN3OS2. The Bertz CT molecular complexity index is 1450. The SMILES string of the molecule is CC1CC=C(C2=CCC3(C)C(CCC4(C)C5CCC6(N(CCN7CCSCC7)CCN7CCSCC7)CC(=O)C(C(C)C)=C6C5CCC43)C2(C)C)CC1.CF. The van der Waals surface area contributed by atoms with Crippen LogP contribution in [-0.2, 0) is 4.79 Å². The Hall–Kier alpha value is -0.600. The Morgan fingerprint density at radius 2 is 1.45 bits per heavy atom. The normalized spacial score (nSPS) is 39.4. The third kappa shape index (κ3) is 7.70. The molecule has 55 heavy (non-hydrogen) atoms. The molecule has 2 aliphatic heterocycles. The van der Waals surface area contributed by atoms with E-state index in [0.717, 1.165) is 50.4 Å². The lowest BCUT2D eigenvalue weighted by molar-refractivity contribution is -0.160. The lowest BCUT2D eigenvalue weighted by Crippen LogP contribution is -2.63. The van der Waals surface area contributed by atoms with Crippen molar-refractivity contribution >= 4 is 29.3 Å². The molecule has 5 fully saturated rings. The van der Waals surface area contributed by atoms with Crippen LogP contribution in [0.2, 0.25) is 0 Å². The third-order valence-corrected chi connectivity index (χ3v) is 19.2. The molecule has 0 bridgehead atoms. The molecule has 8 atom stereocenters. The van der Waals surface area contributed by atoms with Gasteiger partial charge in [-0.05, 0) is 138 Å². The van der Waals surface area contributed by atoms with Crippen LogP contribution in [0.15, 0.2) is 34.4 Å². The zero-order chi connectivity index (χ0) is 39.2. The molecule has 2 saturated heterocycles. The lowest BCUT2D eigenvalue weighted by Gasteiger charge is -2.68. The van der Waals surface area contributed by atoms with Crippen LogP contribution in [0.25, 0.3) is 0 Å². The molecule has 3 saturated carbocycles. The minimum absolute atomic E-state index is 0.0626. The predicted octanol–water partition coefficient (Wildman–Crippen LogP) is 10.6. The molecule has 8 aliphatic rings. The molecule has 0 spiro atoms. The van der Waals surface area contributed by atoms with E-state index >= 15 is 0 Å². The van der Waals surface area contributed by atoms with E-state index < -0.39 is 0 Å². The number of nitrogens with zero attached hydrogens (tertiary/aromatic N) is 3. The van der Waals surface area contributed by atoms with Crippen molar-refractivity contribution in [3.63, 3.8) is 0 Å². The zero-order valence-corrected chi connectivity index (χ0v) is 38.0. The van der Waals surface area contributed by atoms with Gasteiger partial charge in [-0.3, -0.25) is 14.1 Å². The van der Waals surface area contributed by atoms with Crippen LogP contribution in [0.3, 0.4) is 0 Å². The number of ketones is 1. The van der Waals surface area contributed by atoms with Crippen molar-refractivity contribution in [2.45, 2.75) is 125 Å². The molecule has 8 unspecified atom stereocenters. The molecule has 0 aromatic carbocycles. The van der Waals surface area contributed by atoms with Crippen molar-refractivity contribution in [3.05, 3.63) is 34.4 Å². The Morgan fingerprint density at radius 3 is 2.04 bits per heavy atom. The molecule has 0 aromatic heterocycles. The summed E-state index contributed by atoms with van der Waals surface area (Å²) in [5.41, 5.74) is 7.24. The highest BCUT2D eigenvalue weighted by molar-refractivity contribution is 7.99. The van der Waals surface area contributed by atoms with Crippen LogP contribution in [0, 0.1) is 51.8 Å². The standard InChI is InChI=1S/C47H75N3OS2.CH3F/c1-33(2)42-39(51)32-47(50(22-20-48-24-28-52-29-25-48)23-21-49-26-30-53-31-27-49)19-15-38-36(43(42)47)12-13-41-45(38,6)18-16-40-44(4,5)37(14-17-46(40,41)7)35-10-8-34(3)9-11-35;1-2/h10,14,33-34,36,38,40-41H,8-9,11-13,15-32H2,1-7H3;1H3. The number of hydrogen-bond acceptors (Lipinski definition) is 6. The summed E-state index contributed by atoms with van der Waals surface area (Å²) in [4.78, 5) is 22.9. The smallest absolute Gasteiger partial charge is 0.161 e. The molecule has 7 heteroatoms. The second-order valence-corrected chi connectivity index (χ2v) is 23.1. The molecule has 0 aromatic rings. The molecule has 0 amide bonds. The van der Waals surface area contributed by atoms with Crippen molar-refractivity contribution in [2.75, 3.05) is 82.5 Å². The molecule has 6 aliphatic carbocycles. The van der Waals surface area contributed by atoms with Gasteiger partial charge in [-0.2, -0.15) is 23.5 Å². The maximum absolute atomic E-state index is 14.5. The number of halogens is 1. The summed E-state index contributed by atoms with van der Waals surface area (Å²) < 4.78 is 9.50.